The minimum absolute atomic E-state index is 0.411. The van der Waals surface area contributed by atoms with Crippen molar-refractivity contribution in [2.45, 2.75) is 18.7 Å². The summed E-state index contributed by atoms with van der Waals surface area (Å²) in [6.45, 7) is 2.04. The van der Waals surface area contributed by atoms with Crippen LogP contribution in [0.25, 0.3) is 0 Å². The molecule has 0 aliphatic rings. The van der Waals surface area contributed by atoms with E-state index in [-0.39, 0.29) is 0 Å². The van der Waals surface area contributed by atoms with Crippen molar-refractivity contribution in [3.05, 3.63) is 16.1 Å². The van der Waals surface area contributed by atoms with Gasteiger partial charge in [0.05, 0.1) is 0 Å². The van der Waals surface area contributed by atoms with Crippen LogP contribution in [-0.2, 0) is 16.4 Å². The highest BCUT2D eigenvalue weighted by Gasteiger charge is 2.20. The Hall–Kier alpha value is -0.460. The number of hydrogen-bond donors (Lipinski definition) is 1. The Kier molecular flexibility index (Phi) is 3.05. The Bertz CT molecular complexity index is 383. The van der Waals surface area contributed by atoms with Crippen molar-refractivity contribution in [2.24, 2.45) is 5.73 Å². The molecule has 1 aromatic rings. The molecule has 2 N–H and O–H groups in total. The quantitative estimate of drug-likeness (QED) is 0.814. The SMILES string of the molecule is CC(c1ncc(CN)s1)S(C)(=O)=O. The summed E-state index contributed by atoms with van der Waals surface area (Å²) < 4.78 is 22.3. The van der Waals surface area contributed by atoms with E-state index in [1.165, 1.54) is 17.6 Å². The van der Waals surface area contributed by atoms with Gasteiger partial charge in [-0.25, -0.2) is 13.4 Å². The van der Waals surface area contributed by atoms with Gasteiger partial charge in [0, 0.05) is 23.9 Å². The van der Waals surface area contributed by atoms with Gasteiger partial charge in [-0.3, -0.25) is 0 Å². The highest BCUT2D eigenvalue weighted by atomic mass is 32.2. The summed E-state index contributed by atoms with van der Waals surface area (Å²) in [5.41, 5.74) is 5.39. The molecule has 6 heteroatoms. The average Bonchev–Trinajstić information content (AvgIpc) is 2.48. The van der Waals surface area contributed by atoms with E-state index < -0.39 is 15.1 Å². The van der Waals surface area contributed by atoms with Crippen molar-refractivity contribution in [3.63, 3.8) is 0 Å². The first-order valence-corrected chi connectivity index (χ1v) is 6.55. The normalized spacial score (nSPS) is 14.4. The second kappa shape index (κ2) is 3.73. The number of nitrogens with two attached hydrogens (primary N) is 1. The maximum Gasteiger partial charge on any atom is 0.156 e. The summed E-state index contributed by atoms with van der Waals surface area (Å²) >= 11 is 1.35. The van der Waals surface area contributed by atoms with E-state index in [1.807, 2.05) is 0 Å². The van der Waals surface area contributed by atoms with Crippen LogP contribution in [0.2, 0.25) is 0 Å². The van der Waals surface area contributed by atoms with Gasteiger partial charge in [-0.15, -0.1) is 11.3 Å². The van der Waals surface area contributed by atoms with Gasteiger partial charge in [-0.1, -0.05) is 0 Å². The molecule has 0 saturated heterocycles. The zero-order valence-corrected chi connectivity index (χ0v) is 9.15. The fourth-order valence-electron chi connectivity index (χ4n) is 0.788. The number of nitrogens with zero attached hydrogens (tertiary/aromatic N) is 1. The molecule has 1 rings (SSSR count). The lowest BCUT2D eigenvalue weighted by Crippen LogP contribution is -2.06. The van der Waals surface area contributed by atoms with Gasteiger partial charge in [0.25, 0.3) is 0 Å². The summed E-state index contributed by atoms with van der Waals surface area (Å²) in [6, 6.07) is 0. The Morgan fingerprint density at radius 1 is 1.69 bits per heavy atom. The van der Waals surface area contributed by atoms with Crippen LogP contribution < -0.4 is 5.73 Å². The van der Waals surface area contributed by atoms with Crippen molar-refractivity contribution in [1.82, 2.24) is 4.98 Å². The van der Waals surface area contributed by atoms with Crippen LogP contribution in [0.15, 0.2) is 6.20 Å². The zero-order chi connectivity index (χ0) is 10.1. The summed E-state index contributed by atoms with van der Waals surface area (Å²) in [5.74, 6) is 0. The number of sulfone groups is 1. The molecule has 1 aromatic heterocycles. The molecule has 0 bridgehead atoms. The smallest absolute Gasteiger partial charge is 0.156 e. The van der Waals surface area contributed by atoms with Gasteiger partial charge in [0.15, 0.2) is 9.84 Å². The monoisotopic (exact) mass is 220 g/mol. The lowest BCUT2D eigenvalue weighted by atomic mass is 10.5. The minimum atomic E-state index is -3.04. The minimum Gasteiger partial charge on any atom is -0.326 e. The number of aromatic nitrogens is 1. The van der Waals surface area contributed by atoms with Crippen LogP contribution in [0.3, 0.4) is 0 Å². The van der Waals surface area contributed by atoms with Crippen LogP contribution in [0.1, 0.15) is 22.1 Å². The first-order valence-electron chi connectivity index (χ1n) is 3.78. The van der Waals surface area contributed by atoms with Gasteiger partial charge < -0.3 is 5.73 Å². The third kappa shape index (κ3) is 2.49. The third-order valence-electron chi connectivity index (χ3n) is 1.76. The van der Waals surface area contributed by atoms with E-state index in [2.05, 4.69) is 4.98 Å². The van der Waals surface area contributed by atoms with Crippen molar-refractivity contribution < 1.29 is 8.42 Å². The molecule has 1 atom stereocenters. The molecule has 0 aromatic carbocycles. The molecule has 1 heterocycles. The van der Waals surface area contributed by atoms with Crippen LogP contribution in [0, 0.1) is 0 Å². The predicted molar refractivity (Wildman–Crippen MR) is 53.3 cm³/mol. The Labute approximate surface area is 81.7 Å². The first-order chi connectivity index (χ1) is 5.95. The summed E-state index contributed by atoms with van der Waals surface area (Å²) in [7, 11) is -3.04. The topological polar surface area (TPSA) is 73.0 Å². The molecule has 0 saturated carbocycles. The van der Waals surface area contributed by atoms with E-state index in [9.17, 15) is 8.42 Å². The lowest BCUT2D eigenvalue weighted by Gasteiger charge is -2.03. The first kappa shape index (κ1) is 10.6. The average molecular weight is 220 g/mol. The number of hydrogen-bond acceptors (Lipinski definition) is 5. The fourth-order valence-corrected chi connectivity index (χ4v) is 2.61. The summed E-state index contributed by atoms with van der Waals surface area (Å²) in [4.78, 5) is 4.92. The van der Waals surface area contributed by atoms with Gasteiger partial charge in [0.1, 0.15) is 10.3 Å². The standard InChI is InChI=1S/C7H12N2O2S2/c1-5(13(2,10)11)7-9-4-6(3-8)12-7/h4-5H,3,8H2,1-2H3. The van der Waals surface area contributed by atoms with E-state index in [1.54, 1.807) is 13.1 Å². The molecule has 0 amide bonds. The fraction of sp³-hybridized carbons (Fsp3) is 0.571. The molecule has 0 spiro atoms. The lowest BCUT2D eigenvalue weighted by molar-refractivity contribution is 0.592. The van der Waals surface area contributed by atoms with E-state index in [0.717, 1.165) is 4.88 Å². The molecule has 13 heavy (non-hydrogen) atoms. The molecule has 0 fully saturated rings. The van der Waals surface area contributed by atoms with Crippen molar-refractivity contribution >= 4 is 21.2 Å². The second-order valence-corrected chi connectivity index (χ2v) is 6.35. The molecule has 0 aliphatic carbocycles. The number of thiazole rings is 1. The largest absolute Gasteiger partial charge is 0.326 e. The maximum absolute atomic E-state index is 11.2. The summed E-state index contributed by atoms with van der Waals surface area (Å²) in [5, 5.41) is 0.0840. The van der Waals surface area contributed by atoms with Crippen molar-refractivity contribution in [3.8, 4) is 0 Å². The Morgan fingerprint density at radius 3 is 2.69 bits per heavy atom. The molecular formula is C7H12N2O2S2. The van der Waals surface area contributed by atoms with Crippen molar-refractivity contribution in [1.29, 1.82) is 0 Å². The van der Waals surface area contributed by atoms with Gasteiger partial charge >= 0.3 is 0 Å². The van der Waals surface area contributed by atoms with Gasteiger partial charge in [-0.05, 0) is 6.92 Å². The Balaban J connectivity index is 2.96. The molecule has 0 aliphatic heterocycles. The highest BCUT2D eigenvalue weighted by molar-refractivity contribution is 7.91. The zero-order valence-electron chi connectivity index (χ0n) is 7.52. The molecule has 1 unspecified atom stereocenters. The van der Waals surface area contributed by atoms with Crippen molar-refractivity contribution in [2.75, 3.05) is 6.26 Å². The van der Waals surface area contributed by atoms with E-state index in [0.29, 0.717) is 11.6 Å². The molecule has 74 valence electrons. The van der Waals surface area contributed by atoms with Crippen LogP contribution >= 0.6 is 11.3 Å². The van der Waals surface area contributed by atoms with E-state index in [4.69, 9.17) is 5.73 Å². The predicted octanol–water partition coefficient (Wildman–Crippen LogP) is 0.707. The molecular weight excluding hydrogens is 208 g/mol. The van der Waals surface area contributed by atoms with E-state index >= 15 is 0 Å². The number of rotatable bonds is 3. The molecule has 0 radical (unpaired) electrons. The Morgan fingerprint density at radius 2 is 2.31 bits per heavy atom. The summed E-state index contributed by atoms with van der Waals surface area (Å²) in [6.07, 6.45) is 2.84. The maximum atomic E-state index is 11.2. The van der Waals surface area contributed by atoms with Crippen LogP contribution in [0.4, 0.5) is 0 Å². The second-order valence-electron chi connectivity index (χ2n) is 2.84. The van der Waals surface area contributed by atoms with Gasteiger partial charge in [-0.2, -0.15) is 0 Å². The third-order valence-corrected chi connectivity index (χ3v) is 4.62. The highest BCUT2D eigenvalue weighted by Crippen LogP contribution is 2.25. The van der Waals surface area contributed by atoms with Crippen LogP contribution in [0.5, 0.6) is 0 Å². The van der Waals surface area contributed by atoms with Gasteiger partial charge in [0.2, 0.25) is 0 Å². The van der Waals surface area contributed by atoms with Crippen LogP contribution in [-0.4, -0.2) is 19.7 Å². The molecule has 4 nitrogen and oxygen atoms in total.